The molecular weight excluding hydrogens is 389 g/mol. The highest BCUT2D eigenvalue weighted by Gasteiger charge is 2.31. The number of amides is 2. The number of thiazole rings is 1. The molecule has 1 saturated heterocycles. The topological polar surface area (TPSA) is 53.5 Å². The Labute approximate surface area is 172 Å². The molecule has 150 valence electrons. The predicted octanol–water partition coefficient (Wildman–Crippen LogP) is 4.34. The summed E-state index contributed by atoms with van der Waals surface area (Å²) in [4.78, 5) is 33.9. The second-order valence-electron chi connectivity index (χ2n) is 7.12. The van der Waals surface area contributed by atoms with Gasteiger partial charge in [0, 0.05) is 31.1 Å². The van der Waals surface area contributed by atoms with Crippen molar-refractivity contribution < 1.29 is 14.0 Å². The number of carbonyl (C=O) groups excluding carboxylic acids is 2. The summed E-state index contributed by atoms with van der Waals surface area (Å²) in [5, 5.41) is 0.725. The van der Waals surface area contributed by atoms with E-state index in [1.165, 1.54) is 35.6 Å². The molecule has 1 aliphatic heterocycles. The van der Waals surface area contributed by atoms with E-state index in [2.05, 4.69) is 4.98 Å². The van der Waals surface area contributed by atoms with Gasteiger partial charge in [0.2, 0.25) is 5.91 Å². The molecule has 0 atom stereocenters. The number of rotatable bonds is 4. The third kappa shape index (κ3) is 4.00. The van der Waals surface area contributed by atoms with Gasteiger partial charge in [-0.25, -0.2) is 9.37 Å². The molecule has 1 aliphatic rings. The van der Waals surface area contributed by atoms with Crippen LogP contribution >= 0.6 is 11.3 Å². The van der Waals surface area contributed by atoms with E-state index in [0.717, 1.165) is 15.3 Å². The Bertz CT molecular complexity index is 993. The molecule has 0 unspecified atom stereocenters. The first-order valence-electron chi connectivity index (χ1n) is 9.78. The highest BCUT2D eigenvalue weighted by atomic mass is 32.1. The van der Waals surface area contributed by atoms with Crippen LogP contribution in [0.1, 0.15) is 30.1 Å². The average molecular weight is 412 g/mol. The van der Waals surface area contributed by atoms with Gasteiger partial charge in [0.1, 0.15) is 5.82 Å². The summed E-state index contributed by atoms with van der Waals surface area (Å²) >= 11 is 1.52. The van der Waals surface area contributed by atoms with Gasteiger partial charge in [-0.05, 0) is 56.2 Å². The summed E-state index contributed by atoms with van der Waals surface area (Å²) < 4.78 is 14.1. The Hall–Kier alpha value is -2.80. The molecule has 0 radical (unpaired) electrons. The third-order valence-electron chi connectivity index (χ3n) is 5.32. The maximum atomic E-state index is 13.1. The molecule has 0 spiro atoms. The maximum absolute atomic E-state index is 13.1. The van der Waals surface area contributed by atoms with Crippen LogP contribution in [0, 0.1) is 11.7 Å². The van der Waals surface area contributed by atoms with Gasteiger partial charge in [-0.3, -0.25) is 14.5 Å². The summed E-state index contributed by atoms with van der Waals surface area (Å²) in [6, 6.07) is 13.5. The van der Waals surface area contributed by atoms with Crippen LogP contribution < -0.4 is 4.90 Å². The van der Waals surface area contributed by atoms with Gasteiger partial charge in [0.05, 0.1) is 10.2 Å². The van der Waals surface area contributed by atoms with Crippen LogP contribution in [0.25, 0.3) is 10.2 Å². The molecule has 2 aromatic carbocycles. The number of piperidine rings is 1. The highest BCUT2D eigenvalue weighted by Crippen LogP contribution is 2.31. The molecule has 29 heavy (non-hydrogen) atoms. The number of hydrogen-bond acceptors (Lipinski definition) is 4. The molecule has 0 N–H and O–H groups in total. The molecule has 5 nitrogen and oxygen atoms in total. The van der Waals surface area contributed by atoms with Gasteiger partial charge >= 0.3 is 0 Å². The number of carbonyl (C=O) groups is 2. The Kier molecular flexibility index (Phi) is 5.58. The predicted molar refractivity (Wildman–Crippen MR) is 113 cm³/mol. The zero-order chi connectivity index (χ0) is 20.4. The van der Waals surface area contributed by atoms with Crippen LogP contribution in [0.2, 0.25) is 0 Å². The fourth-order valence-electron chi connectivity index (χ4n) is 3.69. The molecule has 2 heterocycles. The summed E-state index contributed by atoms with van der Waals surface area (Å²) in [6.07, 6.45) is 1.24. The Morgan fingerprint density at radius 3 is 2.48 bits per heavy atom. The van der Waals surface area contributed by atoms with Crippen LogP contribution in [0.3, 0.4) is 0 Å². The fourth-order valence-corrected chi connectivity index (χ4v) is 4.72. The van der Waals surface area contributed by atoms with E-state index in [1.807, 2.05) is 31.2 Å². The molecule has 2 amide bonds. The number of aromatic nitrogens is 1. The molecule has 0 aliphatic carbocycles. The minimum atomic E-state index is -0.361. The van der Waals surface area contributed by atoms with E-state index in [-0.39, 0.29) is 23.5 Å². The van der Waals surface area contributed by atoms with E-state index >= 15 is 0 Å². The minimum absolute atomic E-state index is 0.0698. The number of para-hydroxylation sites is 1. The Morgan fingerprint density at radius 2 is 1.83 bits per heavy atom. The van der Waals surface area contributed by atoms with Crippen LogP contribution in [-0.4, -0.2) is 41.3 Å². The second-order valence-corrected chi connectivity index (χ2v) is 8.13. The van der Waals surface area contributed by atoms with Crippen molar-refractivity contribution in [1.82, 2.24) is 9.88 Å². The Morgan fingerprint density at radius 1 is 1.14 bits per heavy atom. The van der Waals surface area contributed by atoms with E-state index < -0.39 is 0 Å². The van der Waals surface area contributed by atoms with Crippen molar-refractivity contribution in [2.75, 3.05) is 24.5 Å². The molecule has 3 aromatic rings. The first-order valence-corrected chi connectivity index (χ1v) is 10.6. The molecule has 7 heteroatoms. The SMILES string of the molecule is CCN(C(=O)C1CCN(C(=O)c2ccc(F)cc2)CC1)c1nc2ccccc2s1. The number of halogens is 1. The van der Waals surface area contributed by atoms with E-state index in [1.54, 1.807) is 9.80 Å². The lowest BCUT2D eigenvalue weighted by atomic mass is 9.95. The van der Waals surface area contributed by atoms with Crippen molar-refractivity contribution in [1.29, 1.82) is 0 Å². The van der Waals surface area contributed by atoms with Crippen LogP contribution in [0.4, 0.5) is 9.52 Å². The van der Waals surface area contributed by atoms with E-state index in [9.17, 15) is 14.0 Å². The van der Waals surface area contributed by atoms with Gasteiger partial charge in [0.15, 0.2) is 5.13 Å². The normalized spacial score (nSPS) is 14.9. The minimum Gasteiger partial charge on any atom is -0.339 e. The lowest BCUT2D eigenvalue weighted by Gasteiger charge is -2.33. The number of anilines is 1. The van der Waals surface area contributed by atoms with Crippen molar-refractivity contribution in [2.24, 2.45) is 5.92 Å². The first kappa shape index (κ1) is 19.5. The van der Waals surface area contributed by atoms with E-state index in [0.29, 0.717) is 38.0 Å². The number of nitrogens with zero attached hydrogens (tertiary/aromatic N) is 3. The average Bonchev–Trinajstić information content (AvgIpc) is 3.18. The van der Waals surface area contributed by atoms with Gasteiger partial charge in [-0.15, -0.1) is 0 Å². The lowest BCUT2D eigenvalue weighted by Crippen LogP contribution is -2.44. The molecule has 4 rings (SSSR count). The monoisotopic (exact) mass is 411 g/mol. The molecular formula is C22H22FN3O2S. The van der Waals surface area contributed by atoms with Crippen LogP contribution in [0.5, 0.6) is 0 Å². The highest BCUT2D eigenvalue weighted by molar-refractivity contribution is 7.22. The number of hydrogen-bond donors (Lipinski definition) is 0. The van der Waals surface area contributed by atoms with Crippen molar-refractivity contribution in [3.8, 4) is 0 Å². The quantitative estimate of drug-likeness (QED) is 0.642. The van der Waals surface area contributed by atoms with Gasteiger partial charge in [0.25, 0.3) is 5.91 Å². The van der Waals surface area contributed by atoms with Crippen LogP contribution in [-0.2, 0) is 4.79 Å². The number of fused-ring (bicyclic) bond motifs is 1. The number of likely N-dealkylation sites (tertiary alicyclic amines) is 1. The first-order chi connectivity index (χ1) is 14.1. The fraction of sp³-hybridized carbons (Fsp3) is 0.318. The number of benzene rings is 2. The van der Waals surface area contributed by atoms with E-state index in [4.69, 9.17) is 0 Å². The van der Waals surface area contributed by atoms with Gasteiger partial charge in [-0.1, -0.05) is 23.5 Å². The molecule has 0 saturated carbocycles. The van der Waals surface area contributed by atoms with Gasteiger partial charge < -0.3 is 4.90 Å². The zero-order valence-corrected chi connectivity index (χ0v) is 17.0. The zero-order valence-electron chi connectivity index (χ0n) is 16.2. The summed E-state index contributed by atoms with van der Waals surface area (Å²) in [6.45, 7) is 3.55. The van der Waals surface area contributed by atoms with Crippen molar-refractivity contribution in [2.45, 2.75) is 19.8 Å². The molecule has 1 fully saturated rings. The lowest BCUT2D eigenvalue weighted by molar-refractivity contribution is -0.123. The molecule has 1 aromatic heterocycles. The van der Waals surface area contributed by atoms with Gasteiger partial charge in [-0.2, -0.15) is 0 Å². The smallest absolute Gasteiger partial charge is 0.253 e. The van der Waals surface area contributed by atoms with Crippen molar-refractivity contribution >= 4 is 38.5 Å². The molecule has 0 bridgehead atoms. The Balaban J connectivity index is 1.42. The maximum Gasteiger partial charge on any atom is 0.253 e. The third-order valence-corrected chi connectivity index (χ3v) is 6.38. The largest absolute Gasteiger partial charge is 0.339 e. The standard InChI is InChI=1S/C22H22FN3O2S/c1-2-26(22-24-18-5-3-4-6-19(18)29-22)21(28)16-11-13-25(14-12-16)20(27)15-7-9-17(23)10-8-15/h3-10,16H,2,11-14H2,1H3. The van der Waals surface area contributed by atoms with Crippen molar-refractivity contribution in [3.05, 3.63) is 59.9 Å². The summed E-state index contributed by atoms with van der Waals surface area (Å²) in [5.41, 5.74) is 1.37. The summed E-state index contributed by atoms with van der Waals surface area (Å²) in [5.74, 6) is -0.533. The van der Waals surface area contributed by atoms with Crippen LogP contribution in [0.15, 0.2) is 48.5 Å². The second kappa shape index (κ2) is 8.29. The van der Waals surface area contributed by atoms with Crippen molar-refractivity contribution in [3.63, 3.8) is 0 Å². The summed E-state index contributed by atoms with van der Waals surface area (Å²) in [7, 11) is 0.